The Bertz CT molecular complexity index is 988. The smallest absolute Gasteiger partial charge is 0.227 e. The first-order valence-corrected chi connectivity index (χ1v) is 10.6. The van der Waals surface area contributed by atoms with E-state index in [1.165, 1.54) is 5.52 Å². The molecule has 1 aromatic carbocycles. The van der Waals surface area contributed by atoms with Gasteiger partial charge in [-0.3, -0.25) is 4.79 Å². The van der Waals surface area contributed by atoms with Crippen LogP contribution in [0.5, 0.6) is 0 Å². The lowest BCUT2D eigenvalue weighted by Crippen LogP contribution is -2.38. The van der Waals surface area contributed by atoms with Crippen LogP contribution in [0.3, 0.4) is 0 Å². The van der Waals surface area contributed by atoms with Crippen LogP contribution in [0.1, 0.15) is 26.7 Å². The number of carbonyl (C=O) groups excluding carboxylic acids is 1. The summed E-state index contributed by atoms with van der Waals surface area (Å²) >= 11 is 5.92. The molecule has 1 aliphatic rings. The van der Waals surface area contributed by atoms with Gasteiger partial charge in [0, 0.05) is 54.5 Å². The van der Waals surface area contributed by atoms with Gasteiger partial charge in [-0.2, -0.15) is 0 Å². The molecular weight excluding hydrogens is 384 g/mol. The number of nitrogens with zero attached hydrogens (tertiary/aromatic N) is 3. The van der Waals surface area contributed by atoms with Crippen LogP contribution >= 0.6 is 11.6 Å². The second-order valence-corrected chi connectivity index (χ2v) is 8.66. The molecule has 0 spiro atoms. The third kappa shape index (κ3) is 4.56. The normalized spacial score (nSPS) is 15.2. The second-order valence-electron chi connectivity index (χ2n) is 8.22. The Morgan fingerprint density at radius 3 is 2.69 bits per heavy atom. The molecule has 4 rings (SSSR count). The Kier molecular flexibility index (Phi) is 5.76. The Hall–Kier alpha value is -2.53. The van der Waals surface area contributed by atoms with Crippen molar-refractivity contribution < 1.29 is 4.79 Å². The van der Waals surface area contributed by atoms with Crippen LogP contribution in [0, 0.1) is 11.8 Å². The van der Waals surface area contributed by atoms with Gasteiger partial charge in [0.25, 0.3) is 0 Å². The molecule has 1 saturated heterocycles. The van der Waals surface area contributed by atoms with Crippen molar-refractivity contribution in [3.05, 3.63) is 53.8 Å². The first-order valence-electron chi connectivity index (χ1n) is 10.3. The van der Waals surface area contributed by atoms with E-state index in [1.807, 2.05) is 18.2 Å². The number of benzene rings is 1. The minimum atomic E-state index is 0.0276. The van der Waals surface area contributed by atoms with E-state index in [0.29, 0.717) is 10.9 Å². The van der Waals surface area contributed by atoms with Crippen molar-refractivity contribution in [2.45, 2.75) is 33.2 Å². The number of hydrogen-bond acceptors (Lipinski definition) is 3. The highest BCUT2D eigenvalue weighted by molar-refractivity contribution is 6.30. The van der Waals surface area contributed by atoms with Crippen molar-refractivity contribution in [3.63, 3.8) is 0 Å². The molecule has 3 heterocycles. The molecule has 29 heavy (non-hydrogen) atoms. The molecule has 0 aliphatic carbocycles. The number of aromatic nitrogens is 2. The largest absolute Gasteiger partial charge is 0.357 e. The number of rotatable bonds is 5. The maximum Gasteiger partial charge on any atom is 0.227 e. The molecule has 1 amide bonds. The first-order chi connectivity index (χ1) is 14.0. The maximum absolute atomic E-state index is 12.8. The number of piperidine rings is 1. The van der Waals surface area contributed by atoms with Crippen LogP contribution in [0.4, 0.5) is 11.5 Å². The minimum absolute atomic E-state index is 0.0276. The van der Waals surface area contributed by atoms with E-state index in [-0.39, 0.29) is 11.8 Å². The predicted molar refractivity (Wildman–Crippen MR) is 120 cm³/mol. The van der Waals surface area contributed by atoms with Gasteiger partial charge < -0.3 is 14.8 Å². The third-order valence-electron chi connectivity index (χ3n) is 5.50. The first kappa shape index (κ1) is 19.8. The quantitative estimate of drug-likeness (QED) is 0.628. The summed E-state index contributed by atoms with van der Waals surface area (Å²) < 4.78 is 2.27. The lowest BCUT2D eigenvalue weighted by Gasteiger charge is -2.32. The molecule has 1 aliphatic heterocycles. The number of hydrogen-bond donors (Lipinski definition) is 1. The lowest BCUT2D eigenvalue weighted by atomic mass is 9.95. The van der Waals surface area contributed by atoms with Gasteiger partial charge in [-0.1, -0.05) is 25.4 Å². The Morgan fingerprint density at radius 2 is 2.00 bits per heavy atom. The van der Waals surface area contributed by atoms with Crippen molar-refractivity contribution in [3.8, 4) is 0 Å². The molecule has 0 saturated carbocycles. The average Bonchev–Trinajstić information content (AvgIpc) is 3.10. The molecule has 6 heteroatoms. The predicted octanol–water partition coefficient (Wildman–Crippen LogP) is 5.20. The molecule has 2 aromatic heterocycles. The summed E-state index contributed by atoms with van der Waals surface area (Å²) in [6.07, 6.45) is 5.43. The Balaban J connectivity index is 1.36. The number of halogens is 1. The molecule has 3 aromatic rings. The summed E-state index contributed by atoms with van der Waals surface area (Å²) in [6.45, 7) is 7.08. The van der Waals surface area contributed by atoms with E-state index in [0.717, 1.165) is 49.4 Å². The number of nitrogens with one attached hydrogen (secondary N) is 1. The van der Waals surface area contributed by atoms with Crippen LogP contribution in [0.25, 0.3) is 10.9 Å². The van der Waals surface area contributed by atoms with Crippen molar-refractivity contribution in [1.82, 2.24) is 9.55 Å². The van der Waals surface area contributed by atoms with Gasteiger partial charge in [-0.15, -0.1) is 0 Å². The molecule has 1 N–H and O–H groups in total. The molecular formula is C23H27ClN4O. The van der Waals surface area contributed by atoms with Crippen molar-refractivity contribution in [2.24, 2.45) is 11.8 Å². The molecule has 5 nitrogen and oxygen atoms in total. The number of carbonyl (C=O) groups is 1. The zero-order valence-electron chi connectivity index (χ0n) is 16.9. The van der Waals surface area contributed by atoms with Crippen LogP contribution in [-0.4, -0.2) is 28.5 Å². The molecule has 152 valence electrons. The van der Waals surface area contributed by atoms with Crippen LogP contribution in [-0.2, 0) is 11.3 Å². The highest BCUT2D eigenvalue weighted by Gasteiger charge is 2.25. The second kappa shape index (κ2) is 8.46. The summed E-state index contributed by atoms with van der Waals surface area (Å²) in [7, 11) is 0. The van der Waals surface area contributed by atoms with E-state index in [4.69, 9.17) is 11.6 Å². The monoisotopic (exact) mass is 410 g/mol. The molecule has 1 fully saturated rings. The maximum atomic E-state index is 12.8. The van der Waals surface area contributed by atoms with Gasteiger partial charge in [0.05, 0.1) is 5.02 Å². The van der Waals surface area contributed by atoms with Crippen LogP contribution in [0.15, 0.2) is 48.8 Å². The van der Waals surface area contributed by atoms with Gasteiger partial charge in [0.1, 0.15) is 5.82 Å². The molecule has 0 bridgehead atoms. The fraction of sp³-hybridized carbons (Fsp3) is 0.391. The summed E-state index contributed by atoms with van der Waals surface area (Å²) in [4.78, 5) is 19.4. The number of anilines is 2. The highest BCUT2D eigenvalue weighted by Crippen LogP contribution is 2.25. The fourth-order valence-electron chi connectivity index (χ4n) is 4.00. The lowest BCUT2D eigenvalue weighted by molar-refractivity contribution is -0.120. The van der Waals surface area contributed by atoms with E-state index >= 15 is 0 Å². The summed E-state index contributed by atoms with van der Waals surface area (Å²) in [5.41, 5.74) is 2.08. The standard InChI is InChI=1S/C23H27ClN4O/c1-16(2)15-28-12-9-18-13-20(4-5-21(18)28)26-23(29)17-7-10-27(11-8-17)22-6-3-19(24)14-25-22/h3-6,9,12-14,16-17H,7-8,10-11,15H2,1-2H3,(H,26,29). The number of pyridine rings is 1. The van der Waals surface area contributed by atoms with Crippen LogP contribution in [0.2, 0.25) is 5.02 Å². The summed E-state index contributed by atoms with van der Waals surface area (Å²) in [5.74, 6) is 1.65. The summed E-state index contributed by atoms with van der Waals surface area (Å²) in [5, 5.41) is 4.91. The van der Waals surface area contributed by atoms with E-state index in [2.05, 4.69) is 58.0 Å². The van der Waals surface area contributed by atoms with Crippen LogP contribution < -0.4 is 10.2 Å². The van der Waals surface area contributed by atoms with E-state index in [1.54, 1.807) is 6.20 Å². The van der Waals surface area contributed by atoms with Crippen molar-refractivity contribution in [1.29, 1.82) is 0 Å². The average molecular weight is 411 g/mol. The zero-order chi connectivity index (χ0) is 20.4. The summed E-state index contributed by atoms with van der Waals surface area (Å²) in [6, 6.07) is 12.1. The van der Waals surface area contributed by atoms with Gasteiger partial charge >= 0.3 is 0 Å². The number of fused-ring (bicyclic) bond motifs is 1. The minimum Gasteiger partial charge on any atom is -0.357 e. The van der Waals surface area contributed by atoms with Crippen molar-refractivity contribution >= 4 is 39.9 Å². The SMILES string of the molecule is CC(C)Cn1ccc2cc(NC(=O)C3CCN(c4ccc(Cl)cn4)CC3)ccc21. The third-order valence-corrected chi connectivity index (χ3v) is 5.73. The zero-order valence-corrected chi connectivity index (χ0v) is 17.7. The fourth-order valence-corrected chi connectivity index (χ4v) is 4.11. The van der Waals surface area contributed by atoms with Gasteiger partial charge in [0.15, 0.2) is 0 Å². The highest BCUT2D eigenvalue weighted by atomic mass is 35.5. The van der Waals surface area contributed by atoms with Gasteiger partial charge in [-0.25, -0.2) is 4.98 Å². The van der Waals surface area contributed by atoms with Crippen molar-refractivity contribution in [2.75, 3.05) is 23.3 Å². The van der Waals surface area contributed by atoms with E-state index < -0.39 is 0 Å². The molecule has 0 atom stereocenters. The Morgan fingerprint density at radius 1 is 1.21 bits per heavy atom. The van der Waals surface area contributed by atoms with Gasteiger partial charge in [-0.05, 0) is 55.2 Å². The Labute approximate surface area is 176 Å². The topological polar surface area (TPSA) is 50.2 Å². The molecule has 0 unspecified atom stereocenters. The van der Waals surface area contributed by atoms with E-state index in [9.17, 15) is 4.79 Å². The number of amides is 1. The molecule has 0 radical (unpaired) electrons. The van der Waals surface area contributed by atoms with Gasteiger partial charge in [0.2, 0.25) is 5.91 Å².